The Hall–Kier alpha value is -3.68. The van der Waals surface area contributed by atoms with Gasteiger partial charge in [0.1, 0.15) is 6.04 Å². The predicted molar refractivity (Wildman–Crippen MR) is 110 cm³/mol. The standard InChI is InChI=1S/C20H22N6O2/c1-12-8-13(2)10-15(9-12)22-17(27)11-16-18(28)25-20(24-16)26-19(21)23-14-6-4-3-5-7-14/h3-10,16H,11H2,1-2H3,(H,22,27)(H4,21,23,24,25,26,28)/t16-/m1/s1. The van der Waals surface area contributed by atoms with E-state index in [2.05, 4.69) is 25.9 Å². The summed E-state index contributed by atoms with van der Waals surface area (Å²) in [4.78, 5) is 32.6. The normalized spacial score (nSPS) is 16.4. The third-order valence-corrected chi connectivity index (χ3v) is 3.97. The first-order valence-corrected chi connectivity index (χ1v) is 8.82. The van der Waals surface area contributed by atoms with Crippen LogP contribution in [0.2, 0.25) is 0 Å². The zero-order valence-corrected chi connectivity index (χ0v) is 15.7. The molecule has 0 unspecified atom stereocenters. The molecule has 1 heterocycles. The monoisotopic (exact) mass is 378 g/mol. The fourth-order valence-electron chi connectivity index (χ4n) is 2.87. The van der Waals surface area contributed by atoms with Crippen LogP contribution >= 0.6 is 0 Å². The van der Waals surface area contributed by atoms with Crippen molar-refractivity contribution >= 4 is 35.1 Å². The van der Waals surface area contributed by atoms with Crippen molar-refractivity contribution in [2.75, 3.05) is 10.6 Å². The molecule has 8 nitrogen and oxygen atoms in total. The molecule has 0 fully saturated rings. The Balaban J connectivity index is 1.61. The van der Waals surface area contributed by atoms with Gasteiger partial charge in [-0.25, -0.2) is 4.99 Å². The topological polar surface area (TPSA) is 121 Å². The van der Waals surface area contributed by atoms with Gasteiger partial charge in [-0.05, 0) is 49.2 Å². The van der Waals surface area contributed by atoms with Crippen molar-refractivity contribution in [3.8, 4) is 0 Å². The van der Waals surface area contributed by atoms with E-state index < -0.39 is 6.04 Å². The van der Waals surface area contributed by atoms with Crippen LogP contribution in [-0.4, -0.2) is 29.8 Å². The Kier molecular flexibility index (Phi) is 5.69. The molecule has 3 rings (SSSR count). The maximum absolute atomic E-state index is 12.3. The Morgan fingerprint density at radius 2 is 1.79 bits per heavy atom. The molecule has 5 N–H and O–H groups in total. The van der Waals surface area contributed by atoms with E-state index in [0.29, 0.717) is 5.69 Å². The molecule has 8 heteroatoms. The fourth-order valence-corrected chi connectivity index (χ4v) is 2.87. The number of aryl methyl sites for hydroxylation is 2. The van der Waals surface area contributed by atoms with Gasteiger partial charge in [0.05, 0.1) is 6.42 Å². The quantitative estimate of drug-likeness (QED) is 0.480. The van der Waals surface area contributed by atoms with Crippen molar-refractivity contribution in [2.45, 2.75) is 26.3 Å². The molecule has 28 heavy (non-hydrogen) atoms. The van der Waals surface area contributed by atoms with Gasteiger partial charge in [-0.3, -0.25) is 14.9 Å². The van der Waals surface area contributed by atoms with E-state index in [-0.39, 0.29) is 30.2 Å². The van der Waals surface area contributed by atoms with E-state index in [9.17, 15) is 9.59 Å². The van der Waals surface area contributed by atoms with Gasteiger partial charge in [-0.1, -0.05) is 24.3 Å². The number of para-hydroxylation sites is 1. The molecular formula is C20H22N6O2. The van der Waals surface area contributed by atoms with Gasteiger partial charge in [-0.2, -0.15) is 4.99 Å². The van der Waals surface area contributed by atoms with Crippen LogP contribution < -0.4 is 21.7 Å². The lowest BCUT2D eigenvalue weighted by Gasteiger charge is -2.08. The maximum atomic E-state index is 12.3. The molecule has 0 aromatic heterocycles. The summed E-state index contributed by atoms with van der Waals surface area (Å²) in [7, 11) is 0. The van der Waals surface area contributed by atoms with Gasteiger partial charge in [-0.15, -0.1) is 0 Å². The third-order valence-electron chi connectivity index (χ3n) is 3.97. The molecule has 1 aliphatic heterocycles. The summed E-state index contributed by atoms with van der Waals surface area (Å²) in [6, 6.07) is 14.2. The smallest absolute Gasteiger partial charge is 0.252 e. The van der Waals surface area contributed by atoms with E-state index in [1.54, 1.807) is 0 Å². The van der Waals surface area contributed by atoms with Gasteiger partial charge in [0.25, 0.3) is 5.91 Å². The van der Waals surface area contributed by atoms with Gasteiger partial charge in [0.15, 0.2) is 0 Å². The molecule has 2 aromatic rings. The lowest BCUT2D eigenvalue weighted by atomic mass is 10.1. The van der Waals surface area contributed by atoms with Gasteiger partial charge >= 0.3 is 0 Å². The highest BCUT2D eigenvalue weighted by atomic mass is 16.2. The molecule has 144 valence electrons. The average Bonchev–Trinajstić information content (AvgIpc) is 2.93. The van der Waals surface area contributed by atoms with Crippen LogP contribution in [0.15, 0.2) is 58.5 Å². The van der Waals surface area contributed by atoms with Crippen LogP contribution in [0.3, 0.4) is 0 Å². The highest BCUT2D eigenvalue weighted by Gasteiger charge is 2.28. The SMILES string of the molecule is Cc1cc(C)cc(NC(=O)C[C@H]2N=C(N=C(N)Nc3ccccc3)NC2=O)c1. The number of carbonyl (C=O) groups excluding carboxylic acids is 2. The minimum Gasteiger partial charge on any atom is -0.369 e. The van der Waals surface area contributed by atoms with Crippen molar-refractivity contribution in [2.24, 2.45) is 15.7 Å². The van der Waals surface area contributed by atoms with Gasteiger partial charge in [0, 0.05) is 11.4 Å². The van der Waals surface area contributed by atoms with E-state index in [4.69, 9.17) is 5.73 Å². The van der Waals surface area contributed by atoms with Crippen molar-refractivity contribution < 1.29 is 9.59 Å². The zero-order chi connectivity index (χ0) is 20.1. The molecule has 0 radical (unpaired) electrons. The first kappa shape index (κ1) is 19.1. The summed E-state index contributed by atoms with van der Waals surface area (Å²) in [6.45, 7) is 3.91. The van der Waals surface area contributed by atoms with Crippen molar-refractivity contribution in [3.05, 3.63) is 59.7 Å². The number of nitrogens with two attached hydrogens (primary N) is 1. The summed E-state index contributed by atoms with van der Waals surface area (Å²) in [6.07, 6.45) is -0.0795. The minimum atomic E-state index is -0.839. The summed E-state index contributed by atoms with van der Waals surface area (Å²) in [5, 5.41) is 8.23. The molecule has 0 aliphatic carbocycles. The molecular weight excluding hydrogens is 356 g/mol. The van der Waals surface area contributed by atoms with Gasteiger partial charge in [0.2, 0.25) is 17.8 Å². The summed E-state index contributed by atoms with van der Waals surface area (Å²) in [5.74, 6) is -0.517. The van der Waals surface area contributed by atoms with E-state index in [1.165, 1.54) is 0 Å². The number of carbonyl (C=O) groups is 2. The van der Waals surface area contributed by atoms with Crippen LogP contribution in [-0.2, 0) is 9.59 Å². The van der Waals surface area contributed by atoms with E-state index >= 15 is 0 Å². The number of anilines is 2. The molecule has 2 amide bonds. The van der Waals surface area contributed by atoms with Crippen LogP contribution in [0.1, 0.15) is 17.5 Å². The Labute approximate surface area is 163 Å². The summed E-state index contributed by atoms with van der Waals surface area (Å²) in [5.41, 5.74) is 9.38. The van der Waals surface area contributed by atoms with E-state index in [1.807, 2.05) is 62.4 Å². The molecule has 0 spiro atoms. The van der Waals surface area contributed by atoms with Crippen molar-refractivity contribution in [3.63, 3.8) is 0 Å². The van der Waals surface area contributed by atoms with Crippen LogP contribution in [0.25, 0.3) is 0 Å². The van der Waals surface area contributed by atoms with E-state index in [0.717, 1.165) is 16.8 Å². The largest absolute Gasteiger partial charge is 0.369 e. The lowest BCUT2D eigenvalue weighted by molar-refractivity contribution is -0.123. The number of rotatable bonds is 4. The van der Waals surface area contributed by atoms with Crippen LogP contribution in [0.4, 0.5) is 11.4 Å². The third kappa shape index (κ3) is 5.16. The number of aliphatic imine (C=N–C) groups is 2. The lowest BCUT2D eigenvalue weighted by Crippen LogP contribution is -2.32. The number of guanidine groups is 2. The van der Waals surface area contributed by atoms with Gasteiger partial charge < -0.3 is 16.4 Å². The second-order valence-corrected chi connectivity index (χ2v) is 6.57. The molecule has 0 bridgehead atoms. The molecule has 1 aliphatic rings. The number of hydrogen-bond acceptors (Lipinski definition) is 4. The highest BCUT2D eigenvalue weighted by Crippen LogP contribution is 2.15. The van der Waals surface area contributed by atoms with Crippen LogP contribution in [0, 0.1) is 13.8 Å². The predicted octanol–water partition coefficient (Wildman–Crippen LogP) is 1.91. The average molecular weight is 378 g/mol. The molecule has 2 aromatic carbocycles. The molecule has 0 saturated heterocycles. The molecule has 1 atom stereocenters. The number of hydrogen-bond donors (Lipinski definition) is 4. The number of amides is 2. The number of benzene rings is 2. The molecule has 0 saturated carbocycles. The minimum absolute atomic E-state index is 0.0788. The number of nitrogens with zero attached hydrogens (tertiary/aromatic N) is 2. The Morgan fingerprint density at radius 3 is 2.46 bits per heavy atom. The Morgan fingerprint density at radius 1 is 1.11 bits per heavy atom. The second kappa shape index (κ2) is 8.34. The maximum Gasteiger partial charge on any atom is 0.252 e. The van der Waals surface area contributed by atoms with Crippen molar-refractivity contribution in [1.29, 1.82) is 0 Å². The van der Waals surface area contributed by atoms with Crippen LogP contribution in [0.5, 0.6) is 0 Å². The van der Waals surface area contributed by atoms with Crippen molar-refractivity contribution in [1.82, 2.24) is 5.32 Å². The second-order valence-electron chi connectivity index (χ2n) is 6.57. The Bertz CT molecular complexity index is 932. The summed E-state index contributed by atoms with van der Waals surface area (Å²) >= 11 is 0. The fraction of sp³-hybridized carbons (Fsp3) is 0.200. The summed E-state index contributed by atoms with van der Waals surface area (Å²) < 4.78 is 0. The number of nitrogens with one attached hydrogen (secondary N) is 3. The first-order chi connectivity index (χ1) is 13.4. The highest BCUT2D eigenvalue weighted by molar-refractivity contribution is 6.11. The zero-order valence-electron chi connectivity index (χ0n) is 15.7. The first-order valence-electron chi connectivity index (χ1n) is 8.82.